The van der Waals surface area contributed by atoms with E-state index in [1.54, 1.807) is 29.7 Å². The summed E-state index contributed by atoms with van der Waals surface area (Å²) in [6.07, 6.45) is 3.55. The number of nitrogens with zero attached hydrogens (tertiary/aromatic N) is 3. The van der Waals surface area contributed by atoms with Crippen molar-refractivity contribution in [3.8, 4) is 11.1 Å². The van der Waals surface area contributed by atoms with Gasteiger partial charge in [-0.2, -0.15) is 4.40 Å². The van der Waals surface area contributed by atoms with E-state index >= 15 is 0 Å². The number of aryl methyl sites for hydroxylation is 2. The van der Waals surface area contributed by atoms with Crippen LogP contribution in [-0.2, 0) is 6.54 Å². The molecule has 4 rings (SSSR count). The van der Waals surface area contributed by atoms with Gasteiger partial charge in [0.15, 0.2) is 0 Å². The average Bonchev–Trinajstić information content (AvgIpc) is 2.98. The zero-order chi connectivity index (χ0) is 18.3. The van der Waals surface area contributed by atoms with Crippen LogP contribution in [0.25, 0.3) is 16.8 Å². The highest BCUT2D eigenvalue weighted by Crippen LogP contribution is 2.23. The predicted octanol–water partition coefficient (Wildman–Crippen LogP) is 3.05. The maximum atomic E-state index is 13.2. The van der Waals surface area contributed by atoms with Gasteiger partial charge in [-0.05, 0) is 37.6 Å². The Hall–Kier alpha value is -3.28. The number of hydrogen-bond donors (Lipinski definition) is 0. The van der Waals surface area contributed by atoms with Gasteiger partial charge in [-0.25, -0.2) is 13.8 Å². The highest BCUT2D eigenvalue weighted by Gasteiger charge is 2.22. The zero-order valence-electron chi connectivity index (χ0n) is 14.4. The fraction of sp³-hybridized carbons (Fsp3) is 0.150. The molecule has 0 aliphatic heterocycles. The minimum Gasteiger partial charge on any atom is -0.361 e. The molecule has 4 aromatic rings. The molecule has 0 bridgehead atoms. The van der Waals surface area contributed by atoms with Gasteiger partial charge in [-0.15, -0.1) is 0 Å². The van der Waals surface area contributed by atoms with Crippen LogP contribution >= 0.6 is 0 Å². The Morgan fingerprint density at radius 3 is 2.62 bits per heavy atom. The molecule has 6 heteroatoms. The minimum atomic E-state index is -0.274. The monoisotopic (exact) mass is 350 g/mol. The summed E-state index contributed by atoms with van der Waals surface area (Å²) in [5.74, 6) is 0.327. The number of pyridine rings is 1. The largest absolute Gasteiger partial charge is 0.361 e. The molecular formula is C20H17FN3O2+. The molecule has 3 heterocycles. The third-order valence-corrected chi connectivity index (χ3v) is 4.44. The molecule has 26 heavy (non-hydrogen) atoms. The average molecular weight is 350 g/mol. The standard InChI is InChI=1S/C20H17FN3O2/c1-13-19(14(2)26-22-13)17-12-23(11-15-6-8-16(21)9-7-15)18-5-3-4-10-24(18)20(17)25/h3-10,12H,11H2,1-2H3/q+1. The molecule has 0 saturated heterocycles. The Kier molecular flexibility index (Phi) is 3.88. The fourth-order valence-corrected chi connectivity index (χ4v) is 3.20. The second kappa shape index (κ2) is 6.22. The van der Waals surface area contributed by atoms with Gasteiger partial charge in [0.25, 0.3) is 5.65 Å². The van der Waals surface area contributed by atoms with Crippen molar-refractivity contribution in [2.24, 2.45) is 0 Å². The second-order valence-electron chi connectivity index (χ2n) is 6.23. The van der Waals surface area contributed by atoms with Crippen molar-refractivity contribution in [3.63, 3.8) is 0 Å². The Labute approximate surface area is 148 Å². The molecular weight excluding hydrogens is 333 g/mol. The lowest BCUT2D eigenvalue weighted by Crippen LogP contribution is -2.40. The highest BCUT2D eigenvalue weighted by atomic mass is 19.1. The first-order valence-electron chi connectivity index (χ1n) is 8.26. The topological polar surface area (TPSA) is 51.4 Å². The maximum absolute atomic E-state index is 13.2. The summed E-state index contributed by atoms with van der Waals surface area (Å²) in [6, 6.07) is 11.9. The SMILES string of the molecule is Cc1noc(C)c1-c1c[n+](Cc2ccc(F)cc2)c2ccccn2c1=O. The van der Waals surface area contributed by atoms with Crippen LogP contribution in [0.5, 0.6) is 0 Å². The van der Waals surface area contributed by atoms with Crippen LogP contribution in [0, 0.1) is 19.7 Å². The molecule has 3 aromatic heterocycles. The van der Waals surface area contributed by atoms with Crippen molar-refractivity contribution >= 4 is 5.65 Å². The van der Waals surface area contributed by atoms with Crippen LogP contribution < -0.4 is 10.1 Å². The van der Waals surface area contributed by atoms with E-state index in [1.165, 1.54) is 12.1 Å². The number of fused-ring (bicyclic) bond motifs is 1. The molecule has 0 aliphatic rings. The lowest BCUT2D eigenvalue weighted by molar-refractivity contribution is -0.665. The fourth-order valence-electron chi connectivity index (χ4n) is 3.20. The smallest absolute Gasteiger partial charge is 0.350 e. The van der Waals surface area contributed by atoms with E-state index in [1.807, 2.05) is 35.9 Å². The first kappa shape index (κ1) is 16.2. The van der Waals surface area contributed by atoms with Gasteiger partial charge in [0.1, 0.15) is 29.9 Å². The van der Waals surface area contributed by atoms with Crippen molar-refractivity contribution in [3.05, 3.63) is 88.0 Å². The summed E-state index contributed by atoms with van der Waals surface area (Å²) in [5, 5.41) is 3.96. The van der Waals surface area contributed by atoms with Crippen molar-refractivity contribution < 1.29 is 13.5 Å². The van der Waals surface area contributed by atoms with E-state index in [0.717, 1.165) is 11.2 Å². The summed E-state index contributed by atoms with van der Waals surface area (Å²) in [4.78, 5) is 13.0. The molecule has 0 unspecified atom stereocenters. The summed E-state index contributed by atoms with van der Waals surface area (Å²) < 4.78 is 22.0. The highest BCUT2D eigenvalue weighted by molar-refractivity contribution is 5.66. The number of halogens is 1. The Bertz CT molecular complexity index is 1140. The maximum Gasteiger partial charge on any atom is 0.350 e. The van der Waals surface area contributed by atoms with Crippen molar-refractivity contribution in [2.75, 3.05) is 0 Å². The van der Waals surface area contributed by atoms with Crippen LogP contribution in [0.3, 0.4) is 0 Å². The summed E-state index contributed by atoms with van der Waals surface area (Å²) in [5.41, 5.74) is 3.45. The van der Waals surface area contributed by atoms with E-state index < -0.39 is 0 Å². The minimum absolute atomic E-state index is 0.134. The molecule has 0 atom stereocenters. The van der Waals surface area contributed by atoms with Crippen LogP contribution in [0.4, 0.5) is 4.39 Å². The first-order valence-corrected chi connectivity index (χ1v) is 8.26. The van der Waals surface area contributed by atoms with Gasteiger partial charge in [-0.1, -0.05) is 23.4 Å². The number of benzene rings is 1. The van der Waals surface area contributed by atoms with E-state index in [4.69, 9.17) is 4.52 Å². The molecule has 0 radical (unpaired) electrons. The third-order valence-electron chi connectivity index (χ3n) is 4.44. The van der Waals surface area contributed by atoms with Crippen molar-refractivity contribution in [2.45, 2.75) is 20.4 Å². The van der Waals surface area contributed by atoms with E-state index in [0.29, 0.717) is 29.1 Å². The van der Waals surface area contributed by atoms with Gasteiger partial charge in [0.2, 0.25) is 0 Å². The van der Waals surface area contributed by atoms with Gasteiger partial charge < -0.3 is 4.52 Å². The molecule has 0 amide bonds. The summed E-state index contributed by atoms with van der Waals surface area (Å²) in [7, 11) is 0. The Morgan fingerprint density at radius 2 is 1.92 bits per heavy atom. The van der Waals surface area contributed by atoms with Gasteiger partial charge in [0.05, 0.1) is 17.5 Å². The lowest BCUT2D eigenvalue weighted by atomic mass is 10.1. The van der Waals surface area contributed by atoms with Crippen molar-refractivity contribution in [1.29, 1.82) is 0 Å². The molecule has 130 valence electrons. The first-order chi connectivity index (χ1) is 12.5. The number of aromatic nitrogens is 3. The molecule has 5 nitrogen and oxygen atoms in total. The molecule has 0 fully saturated rings. The third kappa shape index (κ3) is 2.69. The van der Waals surface area contributed by atoms with Crippen molar-refractivity contribution in [1.82, 2.24) is 9.56 Å². The summed E-state index contributed by atoms with van der Waals surface area (Å²) in [6.45, 7) is 4.11. The van der Waals surface area contributed by atoms with Gasteiger partial charge >= 0.3 is 5.56 Å². The van der Waals surface area contributed by atoms with E-state index in [2.05, 4.69) is 5.16 Å². The molecule has 0 aliphatic carbocycles. The Morgan fingerprint density at radius 1 is 1.15 bits per heavy atom. The van der Waals surface area contributed by atoms with Crippen LogP contribution in [0.2, 0.25) is 0 Å². The van der Waals surface area contributed by atoms with E-state index in [-0.39, 0.29) is 11.4 Å². The summed E-state index contributed by atoms with van der Waals surface area (Å²) >= 11 is 0. The molecule has 1 aromatic carbocycles. The van der Waals surface area contributed by atoms with Gasteiger partial charge in [-0.3, -0.25) is 0 Å². The second-order valence-corrected chi connectivity index (χ2v) is 6.23. The van der Waals surface area contributed by atoms with Crippen LogP contribution in [-0.4, -0.2) is 9.56 Å². The lowest BCUT2D eigenvalue weighted by Gasteiger charge is -2.07. The van der Waals surface area contributed by atoms with Gasteiger partial charge in [0, 0.05) is 6.07 Å². The number of hydrogen-bond acceptors (Lipinski definition) is 3. The molecule has 0 saturated carbocycles. The van der Waals surface area contributed by atoms with Crippen LogP contribution in [0.15, 0.2) is 64.2 Å². The molecule has 0 N–H and O–H groups in total. The predicted molar refractivity (Wildman–Crippen MR) is 94.3 cm³/mol. The normalized spacial score (nSPS) is 11.2. The number of rotatable bonds is 3. The zero-order valence-corrected chi connectivity index (χ0v) is 14.4. The van der Waals surface area contributed by atoms with Crippen LogP contribution in [0.1, 0.15) is 17.0 Å². The molecule has 0 spiro atoms. The Balaban J connectivity index is 1.96. The van der Waals surface area contributed by atoms with E-state index in [9.17, 15) is 9.18 Å². The quantitative estimate of drug-likeness (QED) is 0.534.